The van der Waals surface area contributed by atoms with Crippen molar-refractivity contribution >= 4 is 12.3 Å². The van der Waals surface area contributed by atoms with Crippen molar-refractivity contribution in [2.45, 2.75) is 96.6 Å². The highest BCUT2D eigenvalue weighted by atomic mass is 16.7. The van der Waals surface area contributed by atoms with E-state index in [0.717, 1.165) is 32.0 Å². The summed E-state index contributed by atoms with van der Waals surface area (Å²) in [4.78, 5) is 25.7. The average molecular weight is 555 g/mol. The van der Waals surface area contributed by atoms with E-state index in [1.165, 1.54) is 11.1 Å². The Hall–Kier alpha value is -2.36. The zero-order valence-electron chi connectivity index (χ0n) is 23.8. The summed E-state index contributed by atoms with van der Waals surface area (Å²) in [5, 5.41) is 30.9. The lowest BCUT2D eigenvalue weighted by molar-refractivity contribution is -0.289. The van der Waals surface area contributed by atoms with Crippen LogP contribution in [0.2, 0.25) is 0 Å². The molecule has 1 aromatic carbocycles. The number of fused-ring (bicyclic) bond motifs is 3. The van der Waals surface area contributed by atoms with Crippen molar-refractivity contribution in [2.24, 2.45) is 22.7 Å². The number of rotatable bonds is 6. The van der Waals surface area contributed by atoms with Gasteiger partial charge in [-0.15, -0.1) is 0 Å². The molecular weight excluding hydrogens is 512 g/mol. The molecule has 0 bridgehead atoms. The van der Waals surface area contributed by atoms with Crippen LogP contribution in [0.15, 0.2) is 53.1 Å². The van der Waals surface area contributed by atoms with E-state index in [-0.39, 0.29) is 17.9 Å². The fourth-order valence-corrected chi connectivity index (χ4v) is 7.41. The highest BCUT2D eigenvalue weighted by molar-refractivity contribution is 5.90. The molecule has 0 unspecified atom stereocenters. The van der Waals surface area contributed by atoms with Crippen LogP contribution >= 0.6 is 0 Å². The third-order valence-electron chi connectivity index (χ3n) is 9.94. The van der Waals surface area contributed by atoms with Gasteiger partial charge in [-0.3, -0.25) is 4.79 Å². The predicted octanol–water partition coefficient (Wildman–Crippen LogP) is 3.73. The number of aliphatic hydroxyl groups is 3. The molecule has 8 heteroatoms. The van der Waals surface area contributed by atoms with Crippen LogP contribution < -0.4 is 0 Å². The minimum atomic E-state index is -1.46. The Kier molecular flexibility index (Phi) is 8.12. The van der Waals surface area contributed by atoms with E-state index in [0.29, 0.717) is 23.5 Å². The van der Waals surface area contributed by atoms with Crippen molar-refractivity contribution in [2.75, 3.05) is 6.61 Å². The van der Waals surface area contributed by atoms with Crippen LogP contribution in [0.1, 0.15) is 70.2 Å². The molecule has 0 amide bonds. The van der Waals surface area contributed by atoms with E-state index in [9.17, 15) is 24.9 Å². The van der Waals surface area contributed by atoms with E-state index in [1.54, 1.807) is 30.3 Å². The smallest absolute Gasteiger partial charge is 0.338 e. The Labute approximate surface area is 236 Å². The van der Waals surface area contributed by atoms with Crippen LogP contribution in [-0.2, 0) is 19.0 Å². The van der Waals surface area contributed by atoms with Crippen molar-refractivity contribution in [3.63, 3.8) is 0 Å². The van der Waals surface area contributed by atoms with Gasteiger partial charge in [0.2, 0.25) is 0 Å². The first kappa shape index (κ1) is 29.1. The van der Waals surface area contributed by atoms with Crippen molar-refractivity contribution in [3.05, 3.63) is 58.7 Å². The second kappa shape index (κ2) is 11.1. The second-order valence-corrected chi connectivity index (χ2v) is 12.8. The summed E-state index contributed by atoms with van der Waals surface area (Å²) in [6, 6.07) is 8.75. The molecule has 9 atom stereocenters. The van der Waals surface area contributed by atoms with Crippen LogP contribution in [0, 0.1) is 22.7 Å². The van der Waals surface area contributed by atoms with Crippen LogP contribution in [-0.4, -0.2) is 71.0 Å². The molecule has 1 saturated heterocycles. The highest BCUT2D eigenvalue weighted by Gasteiger charge is 2.57. The molecule has 1 saturated carbocycles. The first-order chi connectivity index (χ1) is 19.0. The quantitative estimate of drug-likeness (QED) is 0.276. The molecule has 40 heavy (non-hydrogen) atoms. The van der Waals surface area contributed by atoms with Crippen molar-refractivity contribution < 1.29 is 39.1 Å². The fraction of sp³-hybridized carbons (Fsp3) is 0.625. The lowest BCUT2D eigenvalue weighted by Crippen LogP contribution is -2.56. The average Bonchev–Trinajstić information content (AvgIpc) is 3.25. The molecule has 3 N–H and O–H groups in total. The summed E-state index contributed by atoms with van der Waals surface area (Å²) in [7, 11) is 0. The Balaban J connectivity index is 1.57. The van der Waals surface area contributed by atoms with Crippen LogP contribution in [0.5, 0.6) is 0 Å². The molecule has 0 spiro atoms. The number of esters is 1. The second-order valence-electron chi connectivity index (χ2n) is 12.8. The molecule has 8 nitrogen and oxygen atoms in total. The largest absolute Gasteiger partial charge is 0.454 e. The monoisotopic (exact) mass is 554 g/mol. The van der Waals surface area contributed by atoms with E-state index in [4.69, 9.17) is 14.2 Å². The van der Waals surface area contributed by atoms with Gasteiger partial charge in [-0.1, -0.05) is 57.0 Å². The number of allylic oxidation sites excluding steroid dienone is 2. The maximum Gasteiger partial charge on any atom is 0.338 e. The molecule has 0 aromatic heterocycles. The Morgan fingerprint density at radius 3 is 2.48 bits per heavy atom. The zero-order chi connectivity index (χ0) is 28.8. The Bertz CT molecular complexity index is 1170. The molecule has 1 heterocycles. The van der Waals surface area contributed by atoms with Crippen LogP contribution in [0.4, 0.5) is 0 Å². The van der Waals surface area contributed by atoms with Crippen LogP contribution in [0.3, 0.4) is 0 Å². The van der Waals surface area contributed by atoms with Crippen LogP contribution in [0.25, 0.3) is 0 Å². The highest BCUT2D eigenvalue weighted by Crippen LogP contribution is 2.63. The van der Waals surface area contributed by atoms with Crippen molar-refractivity contribution in [1.82, 2.24) is 0 Å². The number of hydrogen-bond donors (Lipinski definition) is 3. The molecular formula is C32H42O8. The maximum atomic E-state index is 13.2. The Morgan fingerprint density at radius 1 is 1.07 bits per heavy atom. The van der Waals surface area contributed by atoms with Gasteiger partial charge in [-0.05, 0) is 67.6 Å². The van der Waals surface area contributed by atoms with Gasteiger partial charge in [0.25, 0.3) is 0 Å². The van der Waals surface area contributed by atoms with Gasteiger partial charge in [0, 0.05) is 11.0 Å². The first-order valence-corrected chi connectivity index (χ1v) is 14.5. The van der Waals surface area contributed by atoms with Gasteiger partial charge in [-0.25, -0.2) is 4.79 Å². The first-order valence-electron chi connectivity index (χ1n) is 14.5. The lowest BCUT2D eigenvalue weighted by atomic mass is 9.54. The lowest BCUT2D eigenvalue weighted by Gasteiger charge is -2.53. The summed E-state index contributed by atoms with van der Waals surface area (Å²) in [6.45, 7) is 8.71. The summed E-state index contributed by atoms with van der Waals surface area (Å²) in [5.41, 5.74) is 3.03. The third-order valence-corrected chi connectivity index (χ3v) is 9.94. The summed E-state index contributed by atoms with van der Waals surface area (Å²) < 4.78 is 18.1. The molecule has 3 aliphatic carbocycles. The number of carbonyl (C=O) groups is 2. The number of hydrogen-bond acceptors (Lipinski definition) is 8. The molecule has 0 radical (unpaired) electrons. The van der Waals surface area contributed by atoms with E-state index >= 15 is 0 Å². The Morgan fingerprint density at radius 2 is 1.80 bits per heavy atom. The number of aldehydes is 1. The molecule has 1 aliphatic heterocycles. The molecule has 4 aliphatic rings. The number of carbonyl (C=O) groups excluding carboxylic acids is 2. The molecule has 218 valence electrons. The molecule has 1 aromatic rings. The predicted molar refractivity (Wildman–Crippen MR) is 147 cm³/mol. The number of ether oxygens (including phenoxy) is 3. The van der Waals surface area contributed by atoms with Gasteiger partial charge >= 0.3 is 5.97 Å². The van der Waals surface area contributed by atoms with E-state index < -0.39 is 48.2 Å². The van der Waals surface area contributed by atoms with Gasteiger partial charge < -0.3 is 29.5 Å². The zero-order valence-corrected chi connectivity index (χ0v) is 23.8. The number of benzene rings is 1. The van der Waals surface area contributed by atoms with Gasteiger partial charge in [0.05, 0.1) is 18.3 Å². The van der Waals surface area contributed by atoms with Gasteiger partial charge in [0.1, 0.15) is 30.7 Å². The minimum absolute atomic E-state index is 0.00908. The third kappa shape index (κ3) is 5.09. The molecule has 2 fully saturated rings. The standard InChI is InChI=1S/C32H42O8/c1-18(2)21-10-11-31(3)12-13-32(4)22(26(21)31)15-24(39-29(37)19-8-6-5-7-9-19)20(16-33)14-25(32)40-30-28(36)27(35)23(34)17-38-30/h5-9,14,16,18,22-25,27-28,30,34-36H,10-13,15,17H2,1-4H3/t22-,23-,24-,25+,27+,28-,30+,31-,32-/m1/s1. The van der Waals surface area contributed by atoms with E-state index in [2.05, 4.69) is 27.7 Å². The molecule has 5 rings (SSSR count). The number of aliphatic hydroxyl groups excluding tert-OH is 3. The summed E-state index contributed by atoms with van der Waals surface area (Å²) >= 11 is 0. The SMILES string of the molecule is CC(C)C1=C2[C@H]3C[C@@H](OC(=O)c4ccccc4)C(C=O)=C[C@H](O[C@@H]4OC[C@@H](O)[C@H](O)[C@H]4O)[C@]3(C)CC[C@@]2(C)CC1. The maximum absolute atomic E-state index is 13.2. The van der Waals surface area contributed by atoms with Crippen molar-refractivity contribution in [1.29, 1.82) is 0 Å². The van der Waals surface area contributed by atoms with Gasteiger partial charge in [-0.2, -0.15) is 0 Å². The van der Waals surface area contributed by atoms with Gasteiger partial charge in [0.15, 0.2) is 6.29 Å². The summed E-state index contributed by atoms with van der Waals surface area (Å²) in [6.07, 6.45) is -0.0434. The minimum Gasteiger partial charge on any atom is -0.454 e. The fourth-order valence-electron chi connectivity index (χ4n) is 7.41. The summed E-state index contributed by atoms with van der Waals surface area (Å²) in [5.74, 6) is -0.203. The normalized spacial score (nSPS) is 39.7. The van der Waals surface area contributed by atoms with Crippen molar-refractivity contribution in [3.8, 4) is 0 Å². The van der Waals surface area contributed by atoms with E-state index in [1.807, 2.05) is 6.07 Å². The topological polar surface area (TPSA) is 123 Å².